The number of nitrogens with two attached hydrogens (primary N) is 1. The Labute approximate surface area is 131 Å². The third kappa shape index (κ3) is 3.19. The van der Waals surface area contributed by atoms with Gasteiger partial charge in [-0.3, -0.25) is 0 Å². The van der Waals surface area contributed by atoms with Crippen LogP contribution >= 0.6 is 26.2 Å². The standard InChI is InChI=1S/C13H10BrF6NS/c1-7-12(21)5-3-9(13(7)22(16,17,18,19)20)8-2-4-11(15)10(14)6-8/h2-6H,21H2,1H3. The van der Waals surface area contributed by atoms with Gasteiger partial charge in [0.1, 0.15) is 10.7 Å². The molecule has 0 bridgehead atoms. The van der Waals surface area contributed by atoms with Gasteiger partial charge in [-0.15, -0.1) is 0 Å². The Balaban J connectivity index is 2.90. The van der Waals surface area contributed by atoms with Crippen LogP contribution in [0.4, 0.5) is 29.5 Å². The Hall–Kier alpha value is -1.35. The SMILES string of the molecule is Cc1c(N)ccc(-c2ccc(F)c(Br)c2)c1S(F)(F)(F)(F)F. The molecule has 0 fully saturated rings. The van der Waals surface area contributed by atoms with E-state index < -0.39 is 37.8 Å². The Bertz CT molecular complexity index is 773. The fourth-order valence-corrected chi connectivity index (χ4v) is 3.77. The first-order valence-corrected chi connectivity index (χ1v) is 8.54. The molecule has 22 heavy (non-hydrogen) atoms. The van der Waals surface area contributed by atoms with E-state index in [1.807, 2.05) is 0 Å². The van der Waals surface area contributed by atoms with E-state index in [-0.39, 0.29) is 10.0 Å². The van der Waals surface area contributed by atoms with Crippen molar-refractivity contribution in [2.24, 2.45) is 0 Å². The molecule has 0 aliphatic rings. The van der Waals surface area contributed by atoms with Crippen LogP contribution in [0.3, 0.4) is 0 Å². The molecule has 0 atom stereocenters. The number of halogens is 7. The highest BCUT2D eigenvalue weighted by Crippen LogP contribution is 3.03. The topological polar surface area (TPSA) is 26.0 Å². The smallest absolute Gasteiger partial charge is 0.311 e. The zero-order valence-electron chi connectivity index (χ0n) is 11.0. The molecule has 2 aromatic carbocycles. The third-order valence-corrected chi connectivity index (χ3v) is 4.97. The van der Waals surface area contributed by atoms with Crippen molar-refractivity contribution < 1.29 is 23.8 Å². The van der Waals surface area contributed by atoms with Crippen molar-refractivity contribution in [1.82, 2.24) is 0 Å². The van der Waals surface area contributed by atoms with Crippen molar-refractivity contribution in [3.63, 3.8) is 0 Å². The quantitative estimate of drug-likeness (QED) is 0.431. The average molecular weight is 406 g/mol. The summed E-state index contributed by atoms with van der Waals surface area (Å²) in [4.78, 5) is -2.04. The molecule has 1 nitrogen and oxygen atoms in total. The molecule has 122 valence electrons. The predicted octanol–water partition coefficient (Wildman–Crippen LogP) is 6.80. The van der Waals surface area contributed by atoms with Crippen LogP contribution in [0.25, 0.3) is 11.1 Å². The number of anilines is 1. The van der Waals surface area contributed by atoms with E-state index in [1.54, 1.807) is 0 Å². The monoisotopic (exact) mass is 405 g/mol. The van der Waals surface area contributed by atoms with E-state index in [4.69, 9.17) is 5.73 Å². The molecule has 0 heterocycles. The highest BCUT2D eigenvalue weighted by Gasteiger charge is 2.67. The minimum atomic E-state index is -9.98. The van der Waals surface area contributed by atoms with Crippen LogP contribution in [0, 0.1) is 12.7 Å². The van der Waals surface area contributed by atoms with Crippen LogP contribution in [-0.2, 0) is 0 Å². The number of rotatable bonds is 2. The van der Waals surface area contributed by atoms with Crippen LogP contribution in [-0.4, -0.2) is 0 Å². The van der Waals surface area contributed by atoms with E-state index in [0.717, 1.165) is 37.3 Å². The van der Waals surface area contributed by atoms with E-state index in [1.165, 1.54) is 0 Å². The van der Waals surface area contributed by atoms with Crippen LogP contribution in [0.1, 0.15) is 5.56 Å². The van der Waals surface area contributed by atoms with Crippen molar-refractivity contribution in [3.05, 3.63) is 46.2 Å². The summed E-state index contributed by atoms with van der Waals surface area (Å²) in [6.07, 6.45) is 0. The van der Waals surface area contributed by atoms with Gasteiger partial charge in [0.2, 0.25) is 0 Å². The van der Waals surface area contributed by atoms with Gasteiger partial charge in [-0.1, -0.05) is 31.6 Å². The summed E-state index contributed by atoms with van der Waals surface area (Å²) in [6.45, 7) is 0.880. The maximum atomic E-state index is 13.4. The second kappa shape index (κ2) is 4.35. The summed E-state index contributed by atoms with van der Waals surface area (Å²) in [5.41, 5.74) is 3.27. The molecular weight excluding hydrogens is 396 g/mol. The summed E-state index contributed by atoms with van der Waals surface area (Å²) in [5, 5.41) is 0. The summed E-state index contributed by atoms with van der Waals surface area (Å²) in [6, 6.07) is 4.86. The second-order valence-electron chi connectivity index (χ2n) is 4.75. The predicted molar refractivity (Wildman–Crippen MR) is 80.1 cm³/mol. The molecule has 0 saturated carbocycles. The molecule has 9 heteroatoms. The summed E-state index contributed by atoms with van der Waals surface area (Å²) in [7, 11) is -9.98. The zero-order valence-corrected chi connectivity index (χ0v) is 13.4. The highest BCUT2D eigenvalue weighted by molar-refractivity contribution is 9.10. The molecule has 0 unspecified atom stereocenters. The van der Waals surface area contributed by atoms with Gasteiger partial charge in [0.15, 0.2) is 0 Å². The maximum absolute atomic E-state index is 13.4. The van der Waals surface area contributed by atoms with E-state index in [2.05, 4.69) is 15.9 Å². The van der Waals surface area contributed by atoms with Gasteiger partial charge in [-0.25, -0.2) is 4.39 Å². The molecular formula is C13H10BrF6NS. The lowest BCUT2D eigenvalue weighted by atomic mass is 10.0. The van der Waals surface area contributed by atoms with E-state index in [0.29, 0.717) is 0 Å². The van der Waals surface area contributed by atoms with Crippen LogP contribution in [0.5, 0.6) is 0 Å². The first-order valence-electron chi connectivity index (χ1n) is 5.79. The molecule has 0 radical (unpaired) electrons. The lowest BCUT2D eigenvalue weighted by molar-refractivity contribution is 0.364. The maximum Gasteiger partial charge on any atom is 0.311 e. The van der Waals surface area contributed by atoms with Gasteiger partial charge in [-0.05, 0) is 52.2 Å². The van der Waals surface area contributed by atoms with Gasteiger partial charge in [0.25, 0.3) is 0 Å². The largest absolute Gasteiger partial charge is 0.398 e. The zero-order chi connectivity index (χ0) is 17.0. The molecule has 2 rings (SSSR count). The van der Waals surface area contributed by atoms with Crippen molar-refractivity contribution in [2.45, 2.75) is 11.8 Å². The van der Waals surface area contributed by atoms with Crippen molar-refractivity contribution in [3.8, 4) is 11.1 Å². The van der Waals surface area contributed by atoms with Gasteiger partial charge in [0.05, 0.1) is 4.47 Å². The Kier molecular flexibility index (Phi) is 3.36. The average Bonchev–Trinajstić information content (AvgIpc) is 2.32. The molecule has 0 amide bonds. The minimum absolute atomic E-state index is 0.132. The second-order valence-corrected chi connectivity index (χ2v) is 7.95. The summed E-state index contributed by atoms with van der Waals surface area (Å²) >= 11 is 2.82. The van der Waals surface area contributed by atoms with Crippen LogP contribution in [0.15, 0.2) is 39.7 Å². The summed E-state index contributed by atoms with van der Waals surface area (Å²) in [5.74, 6) is -0.718. The summed E-state index contributed by atoms with van der Waals surface area (Å²) < 4.78 is 79.9. The number of nitrogen functional groups attached to an aromatic ring is 1. The highest BCUT2D eigenvalue weighted by atomic mass is 79.9. The Morgan fingerprint density at radius 2 is 1.59 bits per heavy atom. The lowest BCUT2D eigenvalue weighted by Gasteiger charge is -2.43. The molecule has 2 aromatic rings. The first-order chi connectivity index (χ1) is 9.70. The minimum Gasteiger partial charge on any atom is -0.398 e. The van der Waals surface area contributed by atoms with Crippen molar-refractivity contribution in [1.29, 1.82) is 0 Å². The number of benzene rings is 2. The number of hydrogen-bond donors (Lipinski definition) is 1. The lowest BCUT2D eigenvalue weighted by Crippen LogP contribution is -2.11. The molecule has 0 aliphatic heterocycles. The van der Waals surface area contributed by atoms with Crippen molar-refractivity contribution in [2.75, 3.05) is 5.73 Å². The molecule has 2 N–H and O–H groups in total. The van der Waals surface area contributed by atoms with Crippen LogP contribution < -0.4 is 5.73 Å². The molecule has 0 aromatic heterocycles. The number of hydrogen-bond acceptors (Lipinski definition) is 1. The fraction of sp³-hybridized carbons (Fsp3) is 0.0769. The molecule has 0 saturated heterocycles. The van der Waals surface area contributed by atoms with Gasteiger partial charge in [-0.2, -0.15) is 0 Å². The van der Waals surface area contributed by atoms with Crippen molar-refractivity contribution >= 4 is 31.8 Å². The normalized spacial score (nSPS) is 15.3. The Morgan fingerprint density at radius 3 is 2.09 bits per heavy atom. The first kappa shape index (κ1) is 17.0. The fourth-order valence-electron chi connectivity index (χ4n) is 2.09. The third-order valence-electron chi connectivity index (χ3n) is 3.06. The van der Waals surface area contributed by atoms with E-state index in [9.17, 15) is 23.8 Å². The molecule has 0 spiro atoms. The van der Waals surface area contributed by atoms with E-state index >= 15 is 0 Å². The van der Waals surface area contributed by atoms with Gasteiger partial charge in [0, 0.05) is 11.3 Å². The van der Waals surface area contributed by atoms with Crippen LogP contribution in [0.2, 0.25) is 0 Å². The molecule has 0 aliphatic carbocycles. The van der Waals surface area contributed by atoms with Gasteiger partial charge >= 0.3 is 10.2 Å². The Morgan fingerprint density at radius 1 is 1.00 bits per heavy atom. The van der Waals surface area contributed by atoms with Gasteiger partial charge < -0.3 is 5.73 Å².